The highest BCUT2D eigenvalue weighted by molar-refractivity contribution is 6.35. The summed E-state index contributed by atoms with van der Waals surface area (Å²) < 4.78 is 0. The minimum atomic E-state index is 0.623. The van der Waals surface area contributed by atoms with Crippen molar-refractivity contribution >= 4 is 40.3 Å². The predicted octanol–water partition coefficient (Wildman–Crippen LogP) is 4.94. The summed E-state index contributed by atoms with van der Waals surface area (Å²) in [6.07, 6.45) is 0. The van der Waals surface area contributed by atoms with E-state index in [1.54, 1.807) is 6.07 Å². The monoisotopic (exact) mass is 280 g/mol. The molecule has 0 aliphatic carbocycles. The van der Waals surface area contributed by atoms with Crippen molar-refractivity contribution in [3.05, 3.63) is 51.5 Å². The topological polar surface area (TPSA) is 38.0 Å². The van der Waals surface area contributed by atoms with Crippen LogP contribution in [0.15, 0.2) is 30.3 Å². The molecule has 0 amide bonds. The van der Waals surface area contributed by atoms with Crippen molar-refractivity contribution < 1.29 is 0 Å². The average Bonchev–Trinajstić information content (AvgIpc) is 2.30. The van der Waals surface area contributed by atoms with Gasteiger partial charge in [0.15, 0.2) is 0 Å². The Kier molecular flexibility index (Phi) is 3.69. The Morgan fingerprint density at radius 2 is 1.67 bits per heavy atom. The number of hydrogen-bond donors (Lipinski definition) is 2. The number of nitrogens with one attached hydrogen (secondary N) is 1. The summed E-state index contributed by atoms with van der Waals surface area (Å²) in [7, 11) is 0. The molecule has 94 valence electrons. The number of nitrogens with two attached hydrogens (primary N) is 1. The molecule has 4 heteroatoms. The lowest BCUT2D eigenvalue weighted by atomic mass is 10.1. The van der Waals surface area contributed by atoms with Crippen LogP contribution < -0.4 is 11.1 Å². The molecule has 0 heterocycles. The molecule has 2 nitrogen and oxygen atoms in total. The van der Waals surface area contributed by atoms with Crippen LogP contribution in [0.2, 0.25) is 10.0 Å². The summed E-state index contributed by atoms with van der Waals surface area (Å²) in [5, 5.41) is 4.51. The van der Waals surface area contributed by atoms with Gasteiger partial charge >= 0.3 is 0 Å². The lowest BCUT2D eigenvalue weighted by Crippen LogP contribution is -1.97. The minimum absolute atomic E-state index is 0.623. The van der Waals surface area contributed by atoms with Crippen LogP contribution in [0.5, 0.6) is 0 Å². The van der Waals surface area contributed by atoms with E-state index in [1.807, 2.05) is 38.1 Å². The van der Waals surface area contributed by atoms with E-state index in [0.29, 0.717) is 15.7 Å². The molecule has 0 aromatic heterocycles. The van der Waals surface area contributed by atoms with E-state index in [9.17, 15) is 0 Å². The largest absolute Gasteiger partial charge is 0.397 e. The Bertz CT molecular complexity index is 595. The van der Waals surface area contributed by atoms with Crippen LogP contribution in [0.3, 0.4) is 0 Å². The lowest BCUT2D eigenvalue weighted by Gasteiger charge is -2.13. The summed E-state index contributed by atoms with van der Waals surface area (Å²) in [6.45, 7) is 3.92. The quantitative estimate of drug-likeness (QED) is 0.765. The van der Waals surface area contributed by atoms with Crippen molar-refractivity contribution in [2.75, 3.05) is 11.1 Å². The number of halogens is 2. The van der Waals surface area contributed by atoms with Gasteiger partial charge < -0.3 is 11.1 Å². The summed E-state index contributed by atoms with van der Waals surface area (Å²) in [5.74, 6) is 0. The highest BCUT2D eigenvalue weighted by Crippen LogP contribution is 2.32. The van der Waals surface area contributed by atoms with Crippen LogP contribution in [-0.4, -0.2) is 0 Å². The zero-order valence-corrected chi connectivity index (χ0v) is 11.7. The molecule has 18 heavy (non-hydrogen) atoms. The van der Waals surface area contributed by atoms with Gasteiger partial charge in [0.25, 0.3) is 0 Å². The maximum atomic E-state index is 6.18. The fourth-order valence-electron chi connectivity index (χ4n) is 1.67. The summed E-state index contributed by atoms with van der Waals surface area (Å²) in [5.41, 5.74) is 10.3. The summed E-state index contributed by atoms with van der Waals surface area (Å²) in [4.78, 5) is 0. The molecule has 0 radical (unpaired) electrons. The average molecular weight is 281 g/mol. The van der Waals surface area contributed by atoms with Crippen molar-refractivity contribution in [3.8, 4) is 0 Å². The molecule has 2 aromatic rings. The number of benzene rings is 2. The molecule has 0 bridgehead atoms. The predicted molar refractivity (Wildman–Crippen MR) is 80.1 cm³/mol. The van der Waals surface area contributed by atoms with E-state index in [2.05, 4.69) is 5.32 Å². The van der Waals surface area contributed by atoms with E-state index >= 15 is 0 Å². The molecular weight excluding hydrogens is 267 g/mol. The molecule has 2 rings (SSSR count). The smallest absolute Gasteiger partial charge is 0.0644 e. The Morgan fingerprint density at radius 3 is 2.39 bits per heavy atom. The van der Waals surface area contributed by atoms with Gasteiger partial charge in [-0.05, 0) is 49.2 Å². The third-order valence-corrected chi connectivity index (χ3v) is 3.45. The fourth-order valence-corrected chi connectivity index (χ4v) is 2.09. The third-order valence-electron chi connectivity index (χ3n) is 2.73. The number of rotatable bonds is 2. The maximum Gasteiger partial charge on any atom is 0.0644 e. The van der Waals surface area contributed by atoms with Crippen molar-refractivity contribution in [1.29, 1.82) is 0 Å². The number of aryl methyl sites for hydroxylation is 2. The van der Waals surface area contributed by atoms with Crippen LogP contribution in [-0.2, 0) is 0 Å². The molecule has 0 fully saturated rings. The van der Waals surface area contributed by atoms with E-state index < -0.39 is 0 Å². The highest BCUT2D eigenvalue weighted by atomic mass is 35.5. The van der Waals surface area contributed by atoms with Gasteiger partial charge in [0, 0.05) is 5.02 Å². The van der Waals surface area contributed by atoms with Crippen LogP contribution in [0.1, 0.15) is 11.1 Å². The minimum Gasteiger partial charge on any atom is -0.397 e. The number of anilines is 3. The van der Waals surface area contributed by atoms with Gasteiger partial charge in [0.1, 0.15) is 0 Å². The molecule has 0 atom stereocenters. The van der Waals surface area contributed by atoms with Gasteiger partial charge in [0.2, 0.25) is 0 Å². The number of hydrogen-bond acceptors (Lipinski definition) is 2. The van der Waals surface area contributed by atoms with Crippen LogP contribution in [0.4, 0.5) is 17.1 Å². The summed E-state index contributed by atoms with van der Waals surface area (Å²) >= 11 is 12.3. The van der Waals surface area contributed by atoms with Crippen molar-refractivity contribution in [1.82, 2.24) is 0 Å². The van der Waals surface area contributed by atoms with Gasteiger partial charge in [-0.25, -0.2) is 0 Å². The molecule has 0 spiro atoms. The Labute approximate surface area is 117 Å². The van der Waals surface area contributed by atoms with Crippen LogP contribution in [0.25, 0.3) is 0 Å². The molecule has 0 saturated carbocycles. The van der Waals surface area contributed by atoms with Crippen LogP contribution in [0, 0.1) is 13.8 Å². The Balaban J connectivity index is 2.40. The third kappa shape index (κ3) is 2.71. The second kappa shape index (κ2) is 5.09. The van der Waals surface area contributed by atoms with Gasteiger partial charge in [-0.2, -0.15) is 0 Å². The molecular formula is C14H14Cl2N2. The van der Waals surface area contributed by atoms with Gasteiger partial charge in [-0.1, -0.05) is 29.3 Å². The first-order valence-corrected chi connectivity index (χ1v) is 6.32. The first-order valence-electron chi connectivity index (χ1n) is 5.56. The second-order valence-electron chi connectivity index (χ2n) is 4.30. The van der Waals surface area contributed by atoms with E-state index in [-0.39, 0.29) is 0 Å². The Morgan fingerprint density at radius 1 is 0.944 bits per heavy atom. The van der Waals surface area contributed by atoms with E-state index in [4.69, 9.17) is 28.9 Å². The first kappa shape index (κ1) is 13.1. The normalized spacial score (nSPS) is 10.4. The summed E-state index contributed by atoms with van der Waals surface area (Å²) in [6, 6.07) is 9.43. The molecule has 3 N–H and O–H groups in total. The first-order chi connectivity index (χ1) is 8.47. The zero-order chi connectivity index (χ0) is 13.3. The van der Waals surface area contributed by atoms with Crippen LogP contribution >= 0.6 is 23.2 Å². The fraction of sp³-hybridized carbons (Fsp3) is 0.143. The van der Waals surface area contributed by atoms with Gasteiger partial charge in [-0.15, -0.1) is 0 Å². The number of nitrogen functional groups attached to an aromatic ring is 1. The standard InChI is InChI=1S/C14H14Cl2N2/c1-8-3-4-12(17)14(5-8)18-13-7-10(15)9(2)6-11(13)16/h3-7,18H,17H2,1-2H3. The lowest BCUT2D eigenvalue weighted by molar-refractivity contribution is 1.43. The van der Waals surface area contributed by atoms with Gasteiger partial charge in [0.05, 0.1) is 22.1 Å². The van der Waals surface area contributed by atoms with Gasteiger partial charge in [-0.3, -0.25) is 0 Å². The molecule has 0 unspecified atom stereocenters. The van der Waals surface area contributed by atoms with Crippen molar-refractivity contribution in [2.24, 2.45) is 0 Å². The van der Waals surface area contributed by atoms with E-state index in [1.165, 1.54) is 0 Å². The molecule has 0 saturated heterocycles. The highest BCUT2D eigenvalue weighted by Gasteiger charge is 2.07. The Hall–Kier alpha value is -1.38. The second-order valence-corrected chi connectivity index (χ2v) is 5.11. The maximum absolute atomic E-state index is 6.18. The SMILES string of the molecule is Cc1ccc(N)c(Nc2cc(Cl)c(C)cc2Cl)c1. The molecule has 0 aliphatic heterocycles. The molecule has 2 aromatic carbocycles. The van der Waals surface area contributed by atoms with Crippen molar-refractivity contribution in [2.45, 2.75) is 13.8 Å². The van der Waals surface area contributed by atoms with Crippen molar-refractivity contribution in [3.63, 3.8) is 0 Å². The van der Waals surface area contributed by atoms with E-state index in [0.717, 1.165) is 22.5 Å². The molecule has 0 aliphatic rings. The zero-order valence-electron chi connectivity index (χ0n) is 10.2.